The van der Waals surface area contributed by atoms with Crippen LogP contribution in [-0.4, -0.2) is 39.1 Å². The highest BCUT2D eigenvalue weighted by molar-refractivity contribution is 6.17. The third-order valence-corrected chi connectivity index (χ3v) is 2.20. The van der Waals surface area contributed by atoms with Gasteiger partial charge in [0.05, 0.1) is 18.8 Å². The lowest BCUT2D eigenvalue weighted by atomic mass is 10.0. The molecule has 0 atom stereocenters. The van der Waals surface area contributed by atoms with Crippen molar-refractivity contribution in [2.45, 2.75) is 39.0 Å². The fraction of sp³-hybridized carbons (Fsp3) is 0.727. The van der Waals surface area contributed by atoms with Crippen LogP contribution in [-0.2, 0) is 14.4 Å². The SMILES string of the molecule is CCCCCCl.O=C(O)CC(CC(=O)O)C(=O)O. The first kappa shape index (κ1) is 19.0. The van der Waals surface area contributed by atoms with E-state index in [4.69, 9.17) is 26.9 Å². The molecule has 0 saturated carbocycles. The van der Waals surface area contributed by atoms with E-state index in [2.05, 4.69) is 6.92 Å². The zero-order valence-electron chi connectivity index (χ0n) is 10.3. The molecule has 18 heavy (non-hydrogen) atoms. The Hall–Kier alpha value is -1.30. The first-order chi connectivity index (χ1) is 8.34. The quantitative estimate of drug-likeness (QED) is 0.464. The Morgan fingerprint density at radius 1 is 1.00 bits per heavy atom. The van der Waals surface area contributed by atoms with Gasteiger partial charge in [-0.2, -0.15) is 0 Å². The van der Waals surface area contributed by atoms with Crippen molar-refractivity contribution in [1.29, 1.82) is 0 Å². The lowest BCUT2D eigenvalue weighted by Crippen LogP contribution is -2.20. The largest absolute Gasteiger partial charge is 0.481 e. The summed E-state index contributed by atoms with van der Waals surface area (Å²) < 4.78 is 0. The number of carboxylic acids is 3. The van der Waals surface area contributed by atoms with Gasteiger partial charge >= 0.3 is 17.9 Å². The minimum absolute atomic E-state index is 0.665. The van der Waals surface area contributed by atoms with Gasteiger partial charge in [0.2, 0.25) is 0 Å². The second-order valence-corrected chi connectivity index (χ2v) is 4.00. The topological polar surface area (TPSA) is 112 Å². The van der Waals surface area contributed by atoms with Crippen LogP contribution in [0, 0.1) is 5.92 Å². The van der Waals surface area contributed by atoms with E-state index in [9.17, 15) is 14.4 Å². The molecule has 0 aromatic rings. The van der Waals surface area contributed by atoms with Gasteiger partial charge in [0.1, 0.15) is 0 Å². The molecule has 0 aromatic heterocycles. The molecule has 0 aromatic carbocycles. The highest BCUT2D eigenvalue weighted by Gasteiger charge is 2.23. The number of alkyl halides is 1. The second kappa shape index (κ2) is 12.2. The maximum absolute atomic E-state index is 10.2. The van der Waals surface area contributed by atoms with E-state index < -0.39 is 36.7 Å². The van der Waals surface area contributed by atoms with E-state index in [1.807, 2.05) is 0 Å². The van der Waals surface area contributed by atoms with Gasteiger partial charge in [-0.15, -0.1) is 11.6 Å². The van der Waals surface area contributed by atoms with Gasteiger partial charge < -0.3 is 15.3 Å². The van der Waals surface area contributed by atoms with Crippen molar-refractivity contribution < 1.29 is 29.7 Å². The maximum Gasteiger partial charge on any atom is 0.307 e. The molecule has 3 N–H and O–H groups in total. The van der Waals surface area contributed by atoms with Crippen molar-refractivity contribution in [3.63, 3.8) is 0 Å². The highest BCUT2D eigenvalue weighted by Crippen LogP contribution is 2.08. The lowest BCUT2D eigenvalue weighted by Gasteiger charge is -2.04. The summed E-state index contributed by atoms with van der Waals surface area (Å²) in [6.45, 7) is 2.17. The van der Waals surface area contributed by atoms with E-state index in [0.29, 0.717) is 0 Å². The molecule has 0 amide bonds. The van der Waals surface area contributed by atoms with E-state index in [1.165, 1.54) is 19.3 Å². The summed E-state index contributed by atoms with van der Waals surface area (Å²) in [7, 11) is 0. The third kappa shape index (κ3) is 14.7. The summed E-state index contributed by atoms with van der Waals surface area (Å²) in [5.74, 6) is -4.56. The molecule has 0 aliphatic carbocycles. The highest BCUT2D eigenvalue weighted by atomic mass is 35.5. The minimum Gasteiger partial charge on any atom is -0.481 e. The molecule has 0 fully saturated rings. The number of carbonyl (C=O) groups is 3. The Morgan fingerprint density at radius 3 is 1.61 bits per heavy atom. The summed E-state index contributed by atoms with van der Waals surface area (Å²) in [5.41, 5.74) is 0. The molecule has 0 bridgehead atoms. The average molecular weight is 283 g/mol. The molecule has 6 nitrogen and oxygen atoms in total. The van der Waals surface area contributed by atoms with E-state index in [-0.39, 0.29) is 0 Å². The molecule has 0 spiro atoms. The van der Waals surface area contributed by atoms with Crippen molar-refractivity contribution in [2.24, 2.45) is 5.92 Å². The zero-order valence-corrected chi connectivity index (χ0v) is 11.0. The maximum atomic E-state index is 10.2. The van der Waals surface area contributed by atoms with Crippen LogP contribution in [0.5, 0.6) is 0 Å². The lowest BCUT2D eigenvalue weighted by molar-refractivity contribution is -0.152. The van der Waals surface area contributed by atoms with E-state index in [1.54, 1.807) is 0 Å². The number of unbranched alkanes of at least 4 members (excludes halogenated alkanes) is 2. The minimum atomic E-state index is -1.40. The van der Waals surface area contributed by atoms with Crippen molar-refractivity contribution in [1.82, 2.24) is 0 Å². The number of rotatable bonds is 8. The van der Waals surface area contributed by atoms with Crippen molar-refractivity contribution >= 4 is 29.5 Å². The van der Waals surface area contributed by atoms with E-state index in [0.717, 1.165) is 5.88 Å². The number of hydrogen-bond donors (Lipinski definition) is 3. The molecular formula is C11H19ClO6. The van der Waals surface area contributed by atoms with Gasteiger partial charge in [-0.05, 0) is 6.42 Å². The molecule has 7 heteroatoms. The molecule has 0 radical (unpaired) electrons. The van der Waals surface area contributed by atoms with Crippen LogP contribution in [0.3, 0.4) is 0 Å². The summed E-state index contributed by atoms with van der Waals surface area (Å²) in [5, 5.41) is 24.7. The molecular weight excluding hydrogens is 264 g/mol. The molecule has 0 unspecified atom stereocenters. The van der Waals surface area contributed by atoms with Gasteiger partial charge in [0, 0.05) is 5.88 Å². The second-order valence-electron chi connectivity index (χ2n) is 3.63. The van der Waals surface area contributed by atoms with Crippen molar-refractivity contribution in [2.75, 3.05) is 5.88 Å². The van der Waals surface area contributed by atoms with Crippen LogP contribution in [0.15, 0.2) is 0 Å². The van der Waals surface area contributed by atoms with E-state index >= 15 is 0 Å². The molecule has 0 rings (SSSR count). The van der Waals surface area contributed by atoms with Crippen LogP contribution in [0.25, 0.3) is 0 Å². The fourth-order valence-corrected chi connectivity index (χ4v) is 1.20. The van der Waals surface area contributed by atoms with Crippen LogP contribution >= 0.6 is 11.6 Å². The smallest absolute Gasteiger partial charge is 0.307 e. The first-order valence-corrected chi connectivity index (χ1v) is 6.10. The summed E-state index contributed by atoms with van der Waals surface area (Å²) in [6, 6.07) is 0. The third-order valence-electron chi connectivity index (χ3n) is 1.93. The van der Waals surface area contributed by atoms with Gasteiger partial charge in [-0.3, -0.25) is 14.4 Å². The average Bonchev–Trinajstić information content (AvgIpc) is 2.25. The number of aliphatic carboxylic acids is 3. The number of hydrogen-bond acceptors (Lipinski definition) is 3. The van der Waals surface area contributed by atoms with Crippen LogP contribution in [0.1, 0.15) is 39.0 Å². The van der Waals surface area contributed by atoms with Crippen molar-refractivity contribution in [3.8, 4) is 0 Å². The summed E-state index contributed by atoms with van der Waals surface area (Å²) >= 11 is 5.38. The van der Waals surface area contributed by atoms with Gasteiger partial charge in [-0.25, -0.2) is 0 Å². The Balaban J connectivity index is 0. The zero-order chi connectivity index (χ0) is 14.6. The molecule has 0 aliphatic heterocycles. The standard InChI is InChI=1S/C6H8O6.C5H11Cl/c7-4(8)1-3(6(11)12)2-5(9)10;1-2-3-4-5-6/h3H,1-2H2,(H,7,8)(H,9,10)(H,11,12);2-5H2,1H3. The normalized spacial score (nSPS) is 9.50. The number of carboxylic acid groups (broad SMARTS) is 3. The Labute approximate surface area is 111 Å². The van der Waals surface area contributed by atoms with Crippen LogP contribution in [0.4, 0.5) is 0 Å². The van der Waals surface area contributed by atoms with Crippen LogP contribution < -0.4 is 0 Å². The molecule has 106 valence electrons. The molecule has 0 heterocycles. The Bertz CT molecular complexity index is 246. The fourth-order valence-electron chi connectivity index (χ4n) is 1.01. The Kier molecular flexibility index (Phi) is 12.9. The van der Waals surface area contributed by atoms with Gasteiger partial charge in [0.25, 0.3) is 0 Å². The Morgan fingerprint density at radius 2 is 1.44 bits per heavy atom. The van der Waals surface area contributed by atoms with Gasteiger partial charge in [0.15, 0.2) is 0 Å². The summed E-state index contributed by atoms with van der Waals surface area (Å²) in [6.07, 6.45) is 2.40. The molecule has 0 aliphatic rings. The van der Waals surface area contributed by atoms with Crippen LogP contribution in [0.2, 0.25) is 0 Å². The summed E-state index contributed by atoms with van der Waals surface area (Å²) in [4.78, 5) is 30.3. The van der Waals surface area contributed by atoms with Crippen molar-refractivity contribution in [3.05, 3.63) is 0 Å². The number of halogens is 1. The first-order valence-electron chi connectivity index (χ1n) is 5.57. The molecule has 0 saturated heterocycles. The predicted molar refractivity (Wildman–Crippen MR) is 65.9 cm³/mol. The van der Waals surface area contributed by atoms with Gasteiger partial charge in [-0.1, -0.05) is 19.8 Å². The predicted octanol–water partition coefficient (Wildman–Crippen LogP) is 2.05. The monoisotopic (exact) mass is 282 g/mol.